The van der Waals surface area contributed by atoms with Gasteiger partial charge < -0.3 is 9.73 Å². The Bertz CT molecular complexity index is 1190. The van der Waals surface area contributed by atoms with Crippen LogP contribution in [0.15, 0.2) is 52.3 Å². The molecule has 0 aliphatic rings. The Kier molecular flexibility index (Phi) is 5.17. The highest BCUT2D eigenvalue weighted by Crippen LogP contribution is 2.29. The second-order valence-electron chi connectivity index (χ2n) is 6.84. The number of aromatic nitrogens is 1. The zero-order valence-electron chi connectivity index (χ0n) is 16.2. The van der Waals surface area contributed by atoms with Crippen molar-refractivity contribution < 1.29 is 9.21 Å². The molecule has 0 atom stereocenters. The van der Waals surface area contributed by atoms with Gasteiger partial charge in [0.1, 0.15) is 5.52 Å². The minimum Gasteiger partial charge on any atom is -0.436 e. The molecule has 146 valence electrons. The summed E-state index contributed by atoms with van der Waals surface area (Å²) in [6.07, 6.45) is 0. The van der Waals surface area contributed by atoms with Gasteiger partial charge in [0.15, 0.2) is 10.7 Å². The first-order valence-corrected chi connectivity index (χ1v) is 10.3. The number of thiophene rings is 1. The number of rotatable bonds is 3. The predicted molar refractivity (Wildman–Crippen MR) is 122 cm³/mol. The van der Waals surface area contributed by atoms with Crippen LogP contribution in [0.5, 0.6) is 0 Å². The number of anilines is 1. The summed E-state index contributed by atoms with van der Waals surface area (Å²) in [5, 5.41) is 7.90. The van der Waals surface area contributed by atoms with Gasteiger partial charge in [-0.15, -0.1) is 11.3 Å². The number of hydrogen-bond donors (Lipinski definition) is 2. The number of nitrogens with one attached hydrogen (secondary N) is 2. The number of thiocarbonyl (C=S) groups is 1. The van der Waals surface area contributed by atoms with Crippen molar-refractivity contribution in [3.05, 3.63) is 69.4 Å². The van der Waals surface area contributed by atoms with Gasteiger partial charge in [-0.2, -0.15) is 0 Å². The summed E-state index contributed by atoms with van der Waals surface area (Å²) in [5.74, 6) is 0.317. The van der Waals surface area contributed by atoms with Crippen molar-refractivity contribution in [3.8, 4) is 11.5 Å². The number of carbonyl (C=O) groups is 1. The van der Waals surface area contributed by atoms with E-state index in [1.807, 2.05) is 48.7 Å². The van der Waals surface area contributed by atoms with Gasteiger partial charge in [0, 0.05) is 11.3 Å². The molecule has 4 rings (SSSR count). The largest absolute Gasteiger partial charge is 0.436 e. The predicted octanol–water partition coefficient (Wildman–Crippen LogP) is 5.61. The number of hydrogen-bond acceptors (Lipinski definition) is 5. The molecule has 2 heterocycles. The molecular formula is C22H19N3O2S2. The van der Waals surface area contributed by atoms with Crippen LogP contribution in [0.2, 0.25) is 0 Å². The normalized spacial score (nSPS) is 10.9. The van der Waals surface area contributed by atoms with E-state index in [0.29, 0.717) is 10.8 Å². The summed E-state index contributed by atoms with van der Waals surface area (Å²) in [4.78, 5) is 17.4. The Labute approximate surface area is 177 Å². The number of fused-ring (bicyclic) bond motifs is 1. The van der Waals surface area contributed by atoms with Gasteiger partial charge in [0.2, 0.25) is 5.89 Å². The molecule has 0 unspecified atom stereocenters. The number of oxazole rings is 1. The summed E-state index contributed by atoms with van der Waals surface area (Å²) in [6.45, 7) is 6.08. The van der Waals surface area contributed by atoms with E-state index in [4.69, 9.17) is 16.6 Å². The molecule has 0 radical (unpaired) electrons. The number of aryl methyl sites for hydroxylation is 3. The second-order valence-corrected chi connectivity index (χ2v) is 8.19. The molecule has 0 saturated carbocycles. The zero-order valence-corrected chi connectivity index (χ0v) is 17.8. The molecular weight excluding hydrogens is 402 g/mol. The van der Waals surface area contributed by atoms with Gasteiger partial charge >= 0.3 is 0 Å². The Morgan fingerprint density at radius 1 is 1.07 bits per heavy atom. The molecule has 0 saturated heterocycles. The standard InChI is InChI=1S/C22H19N3O2S2/c1-12-6-7-15(21-23-17-9-13(2)14(3)10-18(17)27-21)11-16(12)24-22(28)25-20(26)19-5-4-8-29-19/h4-11H,1-3H3,(H2,24,25,26,28). The Morgan fingerprint density at radius 2 is 1.86 bits per heavy atom. The minimum absolute atomic E-state index is 0.226. The monoisotopic (exact) mass is 421 g/mol. The molecule has 0 aliphatic carbocycles. The third-order valence-corrected chi connectivity index (χ3v) is 5.78. The van der Waals surface area contributed by atoms with Crippen molar-refractivity contribution in [2.45, 2.75) is 20.8 Å². The van der Waals surface area contributed by atoms with E-state index in [1.54, 1.807) is 6.07 Å². The van der Waals surface area contributed by atoms with Crippen LogP contribution >= 0.6 is 23.6 Å². The van der Waals surface area contributed by atoms with Crippen LogP contribution in [-0.2, 0) is 0 Å². The molecule has 0 bridgehead atoms. The quantitative estimate of drug-likeness (QED) is 0.421. The molecule has 4 aromatic rings. The van der Waals surface area contributed by atoms with Crippen molar-refractivity contribution in [2.75, 3.05) is 5.32 Å². The highest BCUT2D eigenvalue weighted by Gasteiger charge is 2.13. The van der Waals surface area contributed by atoms with Gasteiger partial charge in [-0.1, -0.05) is 12.1 Å². The van der Waals surface area contributed by atoms with Crippen molar-refractivity contribution in [1.29, 1.82) is 0 Å². The van der Waals surface area contributed by atoms with E-state index in [0.717, 1.165) is 27.9 Å². The molecule has 7 heteroatoms. The fourth-order valence-electron chi connectivity index (χ4n) is 2.92. The maximum Gasteiger partial charge on any atom is 0.267 e. The summed E-state index contributed by atoms with van der Waals surface area (Å²) >= 11 is 6.68. The van der Waals surface area contributed by atoms with Gasteiger partial charge in [0.05, 0.1) is 4.88 Å². The van der Waals surface area contributed by atoms with E-state index < -0.39 is 0 Å². The fraction of sp³-hybridized carbons (Fsp3) is 0.136. The molecule has 1 amide bonds. The number of carbonyl (C=O) groups excluding carboxylic acids is 1. The summed E-state index contributed by atoms with van der Waals surface area (Å²) in [5.41, 5.74) is 6.54. The van der Waals surface area contributed by atoms with Crippen LogP contribution in [0.25, 0.3) is 22.6 Å². The molecule has 5 nitrogen and oxygen atoms in total. The summed E-state index contributed by atoms with van der Waals surface area (Å²) in [7, 11) is 0. The van der Waals surface area contributed by atoms with Crippen LogP contribution < -0.4 is 10.6 Å². The SMILES string of the molecule is Cc1cc2nc(-c3ccc(C)c(NC(=S)NC(=O)c4cccs4)c3)oc2cc1C. The summed E-state index contributed by atoms with van der Waals surface area (Å²) < 4.78 is 5.96. The number of nitrogens with zero attached hydrogens (tertiary/aromatic N) is 1. The molecule has 0 aliphatic heterocycles. The van der Waals surface area contributed by atoms with Crippen molar-refractivity contribution in [3.63, 3.8) is 0 Å². The van der Waals surface area contributed by atoms with Crippen LogP contribution in [0.1, 0.15) is 26.4 Å². The Hall–Kier alpha value is -3.03. The van der Waals surface area contributed by atoms with Crippen LogP contribution in [0.4, 0.5) is 5.69 Å². The van der Waals surface area contributed by atoms with Gasteiger partial charge in [-0.05, 0) is 85.4 Å². The smallest absolute Gasteiger partial charge is 0.267 e. The lowest BCUT2D eigenvalue weighted by Gasteiger charge is -2.12. The van der Waals surface area contributed by atoms with Crippen LogP contribution in [-0.4, -0.2) is 16.0 Å². The van der Waals surface area contributed by atoms with Crippen molar-refractivity contribution in [2.24, 2.45) is 0 Å². The van der Waals surface area contributed by atoms with Crippen LogP contribution in [0.3, 0.4) is 0 Å². The highest BCUT2D eigenvalue weighted by atomic mass is 32.1. The number of benzene rings is 2. The highest BCUT2D eigenvalue weighted by molar-refractivity contribution is 7.80. The lowest BCUT2D eigenvalue weighted by molar-refractivity contribution is 0.0981. The summed E-state index contributed by atoms with van der Waals surface area (Å²) in [6, 6.07) is 13.5. The Morgan fingerprint density at radius 3 is 2.62 bits per heavy atom. The lowest BCUT2D eigenvalue weighted by atomic mass is 10.1. The van der Waals surface area contributed by atoms with Gasteiger partial charge in [-0.25, -0.2) is 4.98 Å². The average Bonchev–Trinajstić information content (AvgIpc) is 3.34. The molecule has 0 fully saturated rings. The molecule has 2 N–H and O–H groups in total. The second kappa shape index (κ2) is 7.77. The maximum absolute atomic E-state index is 12.2. The third kappa shape index (κ3) is 4.06. The number of amides is 1. The van der Waals surface area contributed by atoms with Gasteiger partial charge in [0.25, 0.3) is 5.91 Å². The Balaban J connectivity index is 1.57. The zero-order chi connectivity index (χ0) is 20.5. The van der Waals surface area contributed by atoms with Crippen molar-refractivity contribution >= 4 is 51.4 Å². The third-order valence-electron chi connectivity index (χ3n) is 4.71. The average molecular weight is 422 g/mol. The molecule has 29 heavy (non-hydrogen) atoms. The first-order valence-electron chi connectivity index (χ1n) is 9.05. The van der Waals surface area contributed by atoms with E-state index in [1.165, 1.54) is 22.5 Å². The topological polar surface area (TPSA) is 67.2 Å². The first kappa shape index (κ1) is 19.3. The van der Waals surface area contributed by atoms with Crippen LogP contribution in [0, 0.1) is 20.8 Å². The van der Waals surface area contributed by atoms with E-state index in [2.05, 4.69) is 29.5 Å². The van der Waals surface area contributed by atoms with Gasteiger partial charge in [-0.3, -0.25) is 10.1 Å². The lowest BCUT2D eigenvalue weighted by Crippen LogP contribution is -2.33. The fourth-order valence-corrected chi connectivity index (χ4v) is 3.74. The first-order chi connectivity index (χ1) is 13.9. The molecule has 0 spiro atoms. The molecule has 2 aromatic heterocycles. The molecule has 2 aromatic carbocycles. The van der Waals surface area contributed by atoms with Crippen molar-refractivity contribution in [1.82, 2.24) is 10.3 Å². The van der Waals surface area contributed by atoms with E-state index in [9.17, 15) is 4.79 Å². The van der Waals surface area contributed by atoms with E-state index in [-0.39, 0.29) is 11.0 Å². The van der Waals surface area contributed by atoms with E-state index >= 15 is 0 Å². The maximum atomic E-state index is 12.2. The minimum atomic E-state index is -0.226.